The van der Waals surface area contributed by atoms with Crippen molar-refractivity contribution in [1.29, 1.82) is 0 Å². The van der Waals surface area contributed by atoms with Gasteiger partial charge in [0.1, 0.15) is 0 Å². The summed E-state index contributed by atoms with van der Waals surface area (Å²) in [6, 6.07) is 8.68. The minimum Gasteiger partial charge on any atom is -0.370 e. The Hall–Kier alpha value is -0.820. The van der Waals surface area contributed by atoms with Gasteiger partial charge < -0.3 is 4.74 Å². The molecule has 76 valence electrons. The fourth-order valence-corrected chi connectivity index (χ4v) is 2.19. The van der Waals surface area contributed by atoms with Gasteiger partial charge in [-0.15, -0.1) is 0 Å². The van der Waals surface area contributed by atoms with Crippen molar-refractivity contribution < 1.29 is 4.74 Å². The van der Waals surface area contributed by atoms with Crippen molar-refractivity contribution in [3.8, 4) is 0 Å². The van der Waals surface area contributed by atoms with Gasteiger partial charge in [0.05, 0.1) is 12.2 Å². The van der Waals surface area contributed by atoms with Gasteiger partial charge >= 0.3 is 0 Å². The summed E-state index contributed by atoms with van der Waals surface area (Å²) in [5, 5.41) is 0. The zero-order valence-corrected chi connectivity index (χ0v) is 8.99. The third-order valence-electron chi connectivity index (χ3n) is 3.03. The van der Waals surface area contributed by atoms with Crippen LogP contribution in [-0.4, -0.2) is 6.10 Å². The topological polar surface area (TPSA) is 9.23 Å². The molecule has 0 saturated heterocycles. The third-order valence-corrected chi connectivity index (χ3v) is 3.03. The van der Waals surface area contributed by atoms with E-state index in [4.69, 9.17) is 4.74 Å². The summed E-state index contributed by atoms with van der Waals surface area (Å²) < 4.78 is 6.01. The van der Waals surface area contributed by atoms with Crippen LogP contribution in [-0.2, 0) is 11.2 Å². The Bertz CT molecular complexity index is 306. The van der Waals surface area contributed by atoms with Crippen LogP contribution in [0.2, 0.25) is 0 Å². The Labute approximate surface area is 86.1 Å². The molecular weight excluding hydrogens is 172 g/mol. The molecule has 0 aromatic heterocycles. The highest BCUT2D eigenvalue weighted by Crippen LogP contribution is 2.32. The first-order chi connectivity index (χ1) is 6.85. The first kappa shape index (κ1) is 9.72. The summed E-state index contributed by atoms with van der Waals surface area (Å²) in [5.41, 5.74) is 2.89. The number of hydrogen-bond acceptors (Lipinski definition) is 1. The maximum absolute atomic E-state index is 6.01. The van der Waals surface area contributed by atoms with Crippen molar-refractivity contribution >= 4 is 0 Å². The summed E-state index contributed by atoms with van der Waals surface area (Å²) >= 11 is 0. The van der Waals surface area contributed by atoms with E-state index in [1.807, 2.05) is 0 Å². The van der Waals surface area contributed by atoms with Crippen molar-refractivity contribution in [1.82, 2.24) is 0 Å². The maximum atomic E-state index is 6.01. The molecule has 0 spiro atoms. The van der Waals surface area contributed by atoms with E-state index < -0.39 is 0 Å². The van der Waals surface area contributed by atoms with Crippen molar-refractivity contribution in [3.63, 3.8) is 0 Å². The Morgan fingerprint density at radius 3 is 2.71 bits per heavy atom. The van der Waals surface area contributed by atoms with Gasteiger partial charge in [0, 0.05) is 0 Å². The maximum Gasteiger partial charge on any atom is 0.0828 e. The van der Waals surface area contributed by atoms with Gasteiger partial charge in [0.25, 0.3) is 0 Å². The second kappa shape index (κ2) is 4.14. The Morgan fingerprint density at radius 1 is 1.21 bits per heavy atom. The molecule has 0 bridgehead atoms. The first-order valence-electron chi connectivity index (χ1n) is 5.58. The highest BCUT2D eigenvalue weighted by atomic mass is 16.5. The minimum absolute atomic E-state index is 0.324. The zero-order valence-electron chi connectivity index (χ0n) is 8.99. The second-order valence-electron chi connectivity index (χ2n) is 3.97. The number of ether oxygens (including phenoxy) is 1. The van der Waals surface area contributed by atoms with Gasteiger partial charge in [-0.05, 0) is 30.4 Å². The second-order valence-corrected chi connectivity index (χ2v) is 3.97. The molecule has 1 aromatic carbocycles. The van der Waals surface area contributed by atoms with E-state index in [-0.39, 0.29) is 0 Å². The molecule has 0 unspecified atom stereocenters. The smallest absolute Gasteiger partial charge is 0.0828 e. The lowest BCUT2D eigenvalue weighted by Crippen LogP contribution is -2.25. The lowest BCUT2D eigenvalue weighted by molar-refractivity contribution is -0.0288. The molecule has 0 fully saturated rings. The van der Waals surface area contributed by atoms with E-state index in [0.29, 0.717) is 12.2 Å². The molecule has 0 aliphatic carbocycles. The molecule has 2 atom stereocenters. The summed E-state index contributed by atoms with van der Waals surface area (Å²) in [6.07, 6.45) is 4.03. The Kier molecular flexibility index (Phi) is 2.87. The lowest BCUT2D eigenvalue weighted by atomic mass is 9.92. The van der Waals surface area contributed by atoms with Crippen LogP contribution >= 0.6 is 0 Å². The average Bonchev–Trinajstić information content (AvgIpc) is 2.27. The quantitative estimate of drug-likeness (QED) is 0.693. The highest BCUT2D eigenvalue weighted by Gasteiger charge is 2.24. The predicted molar refractivity (Wildman–Crippen MR) is 58.3 cm³/mol. The first-order valence-corrected chi connectivity index (χ1v) is 5.58. The number of hydrogen-bond donors (Lipinski definition) is 0. The largest absolute Gasteiger partial charge is 0.370 e. The molecule has 1 aromatic rings. The SMILES string of the molecule is CC[C@@H]1Cc2ccccc2[C@@H](CC)O1. The van der Waals surface area contributed by atoms with Crippen molar-refractivity contribution in [2.75, 3.05) is 0 Å². The van der Waals surface area contributed by atoms with Gasteiger partial charge in [-0.3, -0.25) is 0 Å². The lowest BCUT2D eigenvalue weighted by Gasteiger charge is -2.31. The summed E-state index contributed by atoms with van der Waals surface area (Å²) in [7, 11) is 0. The third kappa shape index (κ3) is 1.69. The highest BCUT2D eigenvalue weighted by molar-refractivity contribution is 5.31. The van der Waals surface area contributed by atoms with Gasteiger partial charge in [-0.1, -0.05) is 38.1 Å². The van der Waals surface area contributed by atoms with E-state index in [0.717, 1.165) is 19.3 Å². The molecule has 1 heterocycles. The van der Waals surface area contributed by atoms with Crippen LogP contribution in [0.5, 0.6) is 0 Å². The molecule has 0 saturated carbocycles. The Morgan fingerprint density at radius 2 is 2.00 bits per heavy atom. The standard InChI is InChI=1S/C13H18O/c1-3-11-9-10-7-5-6-8-12(10)13(4-2)14-11/h5-8,11,13H,3-4,9H2,1-2H3/t11-,13-/m1/s1. The molecule has 0 N–H and O–H groups in total. The van der Waals surface area contributed by atoms with Gasteiger partial charge in [-0.2, -0.15) is 0 Å². The fraction of sp³-hybridized carbons (Fsp3) is 0.538. The molecule has 1 heteroatoms. The molecule has 14 heavy (non-hydrogen) atoms. The minimum atomic E-state index is 0.324. The molecule has 0 radical (unpaired) electrons. The molecular formula is C13H18O. The molecule has 0 amide bonds. The number of fused-ring (bicyclic) bond motifs is 1. The fourth-order valence-electron chi connectivity index (χ4n) is 2.19. The van der Waals surface area contributed by atoms with E-state index in [9.17, 15) is 0 Å². The van der Waals surface area contributed by atoms with Crippen LogP contribution in [0.4, 0.5) is 0 Å². The summed E-state index contributed by atoms with van der Waals surface area (Å²) in [6.45, 7) is 4.39. The number of benzene rings is 1. The zero-order chi connectivity index (χ0) is 9.97. The molecule has 2 rings (SSSR count). The molecule has 1 aliphatic rings. The molecule has 1 aliphatic heterocycles. The normalized spacial score (nSPS) is 25.9. The van der Waals surface area contributed by atoms with Crippen molar-refractivity contribution in [3.05, 3.63) is 35.4 Å². The van der Waals surface area contributed by atoms with Crippen LogP contribution in [0, 0.1) is 0 Å². The van der Waals surface area contributed by atoms with E-state index in [1.165, 1.54) is 11.1 Å². The Balaban J connectivity index is 2.31. The predicted octanol–water partition coefficient (Wildman–Crippen LogP) is 3.49. The van der Waals surface area contributed by atoms with Gasteiger partial charge in [-0.25, -0.2) is 0 Å². The van der Waals surface area contributed by atoms with E-state index in [2.05, 4.69) is 38.1 Å². The van der Waals surface area contributed by atoms with Crippen LogP contribution in [0.15, 0.2) is 24.3 Å². The van der Waals surface area contributed by atoms with Crippen molar-refractivity contribution in [2.45, 2.75) is 45.3 Å². The summed E-state index contributed by atoms with van der Waals surface area (Å²) in [5.74, 6) is 0. The average molecular weight is 190 g/mol. The van der Waals surface area contributed by atoms with Crippen LogP contribution in [0.1, 0.15) is 43.9 Å². The van der Waals surface area contributed by atoms with Crippen LogP contribution < -0.4 is 0 Å². The number of rotatable bonds is 2. The van der Waals surface area contributed by atoms with E-state index >= 15 is 0 Å². The van der Waals surface area contributed by atoms with Gasteiger partial charge in [0.15, 0.2) is 0 Å². The summed E-state index contributed by atoms with van der Waals surface area (Å²) in [4.78, 5) is 0. The van der Waals surface area contributed by atoms with Crippen LogP contribution in [0.25, 0.3) is 0 Å². The van der Waals surface area contributed by atoms with Gasteiger partial charge in [0.2, 0.25) is 0 Å². The van der Waals surface area contributed by atoms with E-state index in [1.54, 1.807) is 0 Å². The monoisotopic (exact) mass is 190 g/mol. The molecule has 1 nitrogen and oxygen atoms in total. The van der Waals surface area contributed by atoms with Crippen LogP contribution in [0.3, 0.4) is 0 Å². The van der Waals surface area contributed by atoms with Crippen molar-refractivity contribution in [2.24, 2.45) is 0 Å².